The van der Waals surface area contributed by atoms with E-state index in [2.05, 4.69) is 49.1 Å². The number of fused-ring (bicyclic) bond motifs is 1. The van der Waals surface area contributed by atoms with Gasteiger partial charge in [-0.2, -0.15) is 0 Å². The first-order valence-electron chi connectivity index (χ1n) is 6.38. The van der Waals surface area contributed by atoms with Crippen LogP contribution in [0.15, 0.2) is 36.4 Å². The fourth-order valence-corrected chi connectivity index (χ4v) is 2.80. The molecule has 0 aromatic heterocycles. The van der Waals surface area contributed by atoms with Gasteiger partial charge in [-0.1, -0.05) is 6.07 Å². The normalized spacial score (nSPS) is 13.8. The highest BCUT2D eigenvalue weighted by Crippen LogP contribution is 2.36. The number of nitrogens with two attached hydrogens (primary N) is 1. The average molecular weight is 238 g/mol. The molecule has 2 nitrogen and oxygen atoms in total. The Morgan fingerprint density at radius 1 is 1.00 bits per heavy atom. The summed E-state index contributed by atoms with van der Waals surface area (Å²) in [6.45, 7) is 5.34. The molecule has 1 aliphatic rings. The molecule has 18 heavy (non-hydrogen) atoms. The SMILES string of the molecule is Cc1cc(C)cc(N2CCc3cc(N)ccc32)c1. The van der Waals surface area contributed by atoms with Gasteiger partial charge in [-0.15, -0.1) is 0 Å². The third-order valence-corrected chi connectivity index (χ3v) is 3.52. The Morgan fingerprint density at radius 3 is 2.44 bits per heavy atom. The highest BCUT2D eigenvalue weighted by molar-refractivity contribution is 5.72. The summed E-state index contributed by atoms with van der Waals surface area (Å²) in [6, 6.07) is 12.9. The minimum atomic E-state index is 0.857. The van der Waals surface area contributed by atoms with Crippen molar-refractivity contribution < 1.29 is 0 Å². The summed E-state index contributed by atoms with van der Waals surface area (Å²) in [4.78, 5) is 2.38. The van der Waals surface area contributed by atoms with Crippen LogP contribution in [-0.2, 0) is 6.42 Å². The van der Waals surface area contributed by atoms with Gasteiger partial charge in [0.15, 0.2) is 0 Å². The fraction of sp³-hybridized carbons (Fsp3) is 0.250. The van der Waals surface area contributed by atoms with Gasteiger partial charge < -0.3 is 10.6 Å². The van der Waals surface area contributed by atoms with E-state index in [1.807, 2.05) is 6.07 Å². The molecule has 0 radical (unpaired) electrons. The number of hydrogen-bond acceptors (Lipinski definition) is 2. The topological polar surface area (TPSA) is 29.3 Å². The second-order valence-electron chi connectivity index (χ2n) is 5.14. The predicted molar refractivity (Wildman–Crippen MR) is 77.5 cm³/mol. The molecule has 0 saturated carbocycles. The molecular formula is C16H18N2. The molecule has 0 aliphatic carbocycles. The Morgan fingerprint density at radius 2 is 1.72 bits per heavy atom. The molecule has 0 saturated heterocycles. The van der Waals surface area contributed by atoms with Crippen LogP contribution in [0.3, 0.4) is 0 Å². The lowest BCUT2D eigenvalue weighted by molar-refractivity contribution is 0.996. The van der Waals surface area contributed by atoms with Crippen LogP contribution in [0.1, 0.15) is 16.7 Å². The standard InChI is InChI=1S/C16H18N2/c1-11-7-12(2)9-15(8-11)18-6-5-13-10-14(17)3-4-16(13)18/h3-4,7-10H,5-6,17H2,1-2H3. The van der Waals surface area contributed by atoms with E-state index in [-0.39, 0.29) is 0 Å². The molecule has 2 aromatic rings. The van der Waals surface area contributed by atoms with Crippen molar-refractivity contribution in [1.82, 2.24) is 0 Å². The lowest BCUT2D eigenvalue weighted by Crippen LogP contribution is -2.13. The Balaban J connectivity index is 2.06. The molecule has 92 valence electrons. The van der Waals surface area contributed by atoms with Crippen molar-refractivity contribution in [2.45, 2.75) is 20.3 Å². The van der Waals surface area contributed by atoms with Crippen molar-refractivity contribution in [2.24, 2.45) is 0 Å². The van der Waals surface area contributed by atoms with Crippen LogP contribution >= 0.6 is 0 Å². The predicted octanol–water partition coefficient (Wildman–Crippen LogP) is 3.58. The van der Waals surface area contributed by atoms with Crippen LogP contribution in [0.4, 0.5) is 17.1 Å². The third kappa shape index (κ3) is 1.84. The maximum atomic E-state index is 5.84. The second-order valence-corrected chi connectivity index (χ2v) is 5.14. The van der Waals surface area contributed by atoms with Crippen molar-refractivity contribution in [1.29, 1.82) is 0 Å². The van der Waals surface area contributed by atoms with Gasteiger partial charge in [-0.05, 0) is 67.3 Å². The fourth-order valence-electron chi connectivity index (χ4n) is 2.80. The molecule has 3 rings (SSSR count). The number of nitrogen functional groups attached to an aromatic ring is 1. The van der Waals surface area contributed by atoms with Crippen molar-refractivity contribution >= 4 is 17.1 Å². The molecule has 1 aliphatic heterocycles. The molecule has 0 unspecified atom stereocenters. The average Bonchev–Trinajstić information content (AvgIpc) is 2.70. The zero-order valence-corrected chi connectivity index (χ0v) is 10.9. The molecule has 1 heterocycles. The minimum absolute atomic E-state index is 0.857. The first-order chi connectivity index (χ1) is 8.63. The van der Waals surface area contributed by atoms with Crippen molar-refractivity contribution in [3.8, 4) is 0 Å². The lowest BCUT2D eigenvalue weighted by atomic mass is 10.1. The summed E-state index contributed by atoms with van der Waals surface area (Å²) in [5, 5.41) is 0. The van der Waals surface area contributed by atoms with E-state index in [0.29, 0.717) is 0 Å². The monoisotopic (exact) mass is 238 g/mol. The molecular weight excluding hydrogens is 220 g/mol. The molecule has 0 bridgehead atoms. The highest BCUT2D eigenvalue weighted by Gasteiger charge is 2.20. The van der Waals surface area contributed by atoms with Gasteiger partial charge in [0.1, 0.15) is 0 Å². The highest BCUT2D eigenvalue weighted by atomic mass is 15.2. The number of anilines is 3. The number of aryl methyl sites for hydroxylation is 2. The summed E-state index contributed by atoms with van der Waals surface area (Å²) >= 11 is 0. The van der Waals surface area contributed by atoms with Crippen LogP contribution in [0, 0.1) is 13.8 Å². The van der Waals surface area contributed by atoms with Crippen LogP contribution < -0.4 is 10.6 Å². The van der Waals surface area contributed by atoms with Crippen molar-refractivity contribution in [3.05, 3.63) is 53.1 Å². The lowest BCUT2D eigenvalue weighted by Gasteiger charge is -2.20. The maximum absolute atomic E-state index is 5.84. The van der Waals surface area contributed by atoms with E-state index < -0.39 is 0 Å². The van der Waals surface area contributed by atoms with Gasteiger partial charge in [0, 0.05) is 23.6 Å². The van der Waals surface area contributed by atoms with Crippen LogP contribution in [-0.4, -0.2) is 6.54 Å². The molecule has 2 aromatic carbocycles. The van der Waals surface area contributed by atoms with E-state index in [1.165, 1.54) is 28.1 Å². The molecule has 2 heteroatoms. The van der Waals surface area contributed by atoms with E-state index in [4.69, 9.17) is 5.73 Å². The maximum Gasteiger partial charge on any atom is 0.0445 e. The quantitative estimate of drug-likeness (QED) is 0.769. The minimum Gasteiger partial charge on any atom is -0.399 e. The van der Waals surface area contributed by atoms with Gasteiger partial charge >= 0.3 is 0 Å². The Labute approximate surface area is 108 Å². The van der Waals surface area contributed by atoms with Gasteiger partial charge in [0.25, 0.3) is 0 Å². The summed E-state index contributed by atoms with van der Waals surface area (Å²) in [6.07, 6.45) is 1.08. The van der Waals surface area contributed by atoms with Gasteiger partial charge in [-0.25, -0.2) is 0 Å². The van der Waals surface area contributed by atoms with Crippen molar-refractivity contribution in [2.75, 3.05) is 17.2 Å². The number of hydrogen-bond donors (Lipinski definition) is 1. The van der Waals surface area contributed by atoms with Crippen LogP contribution in [0.5, 0.6) is 0 Å². The number of rotatable bonds is 1. The molecule has 2 N–H and O–H groups in total. The molecule has 0 spiro atoms. The number of nitrogens with zero attached hydrogens (tertiary/aromatic N) is 1. The van der Waals surface area contributed by atoms with Gasteiger partial charge in [-0.3, -0.25) is 0 Å². The Bertz CT molecular complexity index is 582. The summed E-state index contributed by atoms with van der Waals surface area (Å²) < 4.78 is 0. The number of benzene rings is 2. The summed E-state index contributed by atoms with van der Waals surface area (Å²) in [5.41, 5.74) is 13.3. The van der Waals surface area contributed by atoms with E-state index in [1.54, 1.807) is 0 Å². The first-order valence-corrected chi connectivity index (χ1v) is 6.38. The van der Waals surface area contributed by atoms with E-state index in [0.717, 1.165) is 18.7 Å². The smallest absolute Gasteiger partial charge is 0.0445 e. The van der Waals surface area contributed by atoms with Crippen LogP contribution in [0.25, 0.3) is 0 Å². The summed E-state index contributed by atoms with van der Waals surface area (Å²) in [5.74, 6) is 0. The molecule has 0 amide bonds. The second kappa shape index (κ2) is 4.05. The molecule has 0 atom stereocenters. The third-order valence-electron chi connectivity index (χ3n) is 3.52. The van der Waals surface area contributed by atoms with Crippen molar-refractivity contribution in [3.63, 3.8) is 0 Å². The zero-order chi connectivity index (χ0) is 12.7. The van der Waals surface area contributed by atoms with Gasteiger partial charge in [0.2, 0.25) is 0 Å². The van der Waals surface area contributed by atoms with Gasteiger partial charge in [0.05, 0.1) is 0 Å². The molecule has 0 fully saturated rings. The Kier molecular flexibility index (Phi) is 2.51. The van der Waals surface area contributed by atoms with E-state index >= 15 is 0 Å². The largest absolute Gasteiger partial charge is 0.399 e. The van der Waals surface area contributed by atoms with E-state index in [9.17, 15) is 0 Å². The Hall–Kier alpha value is -1.96. The zero-order valence-electron chi connectivity index (χ0n) is 10.9. The summed E-state index contributed by atoms with van der Waals surface area (Å²) in [7, 11) is 0. The van der Waals surface area contributed by atoms with Crippen LogP contribution in [0.2, 0.25) is 0 Å². The first kappa shape index (κ1) is 11.1.